The zero-order chi connectivity index (χ0) is 9.35. The largest absolute Gasteiger partial charge is 0.480 e. The molecule has 7 heteroatoms. The van der Waals surface area contributed by atoms with E-state index in [-0.39, 0.29) is 0 Å². The highest BCUT2D eigenvalue weighted by molar-refractivity contribution is 5.88. The van der Waals surface area contributed by atoms with Gasteiger partial charge in [-0.15, -0.1) is 0 Å². The highest BCUT2D eigenvalue weighted by atomic mass is 19.4. The Hall–Kier alpha value is -1.27. The highest BCUT2D eigenvalue weighted by Gasteiger charge is 2.43. The molecule has 0 aromatic rings. The van der Waals surface area contributed by atoms with E-state index >= 15 is 0 Å². The lowest BCUT2D eigenvalue weighted by molar-refractivity contribution is -0.138. The summed E-state index contributed by atoms with van der Waals surface area (Å²) in [6.45, 7) is -0.551. The third-order valence-electron chi connectivity index (χ3n) is 1.18. The third-order valence-corrected chi connectivity index (χ3v) is 1.18. The van der Waals surface area contributed by atoms with Gasteiger partial charge in [0.2, 0.25) is 0 Å². The van der Waals surface area contributed by atoms with E-state index in [9.17, 15) is 18.0 Å². The molecule has 12 heavy (non-hydrogen) atoms. The lowest BCUT2D eigenvalue weighted by Crippen LogP contribution is -2.22. The van der Waals surface area contributed by atoms with Gasteiger partial charge < -0.3 is 9.84 Å². The number of halogens is 3. The maximum absolute atomic E-state index is 11.7. The smallest absolute Gasteiger partial charge is 0.468 e. The summed E-state index contributed by atoms with van der Waals surface area (Å²) in [5.74, 6) is -2.89. The molecule has 0 saturated heterocycles. The maximum Gasteiger partial charge on any atom is 0.468 e. The molecule has 0 aliphatic carbocycles. The Kier molecular flexibility index (Phi) is 1.95. The van der Waals surface area contributed by atoms with Gasteiger partial charge in [-0.1, -0.05) is 0 Å². The molecule has 0 aromatic carbocycles. The lowest BCUT2D eigenvalue weighted by atomic mass is 10.3. The van der Waals surface area contributed by atoms with Crippen molar-refractivity contribution in [2.45, 2.75) is 12.2 Å². The fraction of sp³-hybridized carbons (Fsp3) is 0.600. The van der Waals surface area contributed by atoms with E-state index in [1.54, 1.807) is 0 Å². The van der Waals surface area contributed by atoms with Crippen molar-refractivity contribution >= 4 is 11.9 Å². The molecule has 1 rings (SSSR count). The summed E-state index contributed by atoms with van der Waals surface area (Å²) in [7, 11) is 0. The van der Waals surface area contributed by atoms with E-state index in [0.29, 0.717) is 0 Å². The van der Waals surface area contributed by atoms with Crippen LogP contribution in [0.1, 0.15) is 0 Å². The van der Waals surface area contributed by atoms with Crippen LogP contribution >= 0.6 is 0 Å². The van der Waals surface area contributed by atoms with Crippen LogP contribution in [0.5, 0.6) is 0 Å². The summed E-state index contributed by atoms with van der Waals surface area (Å²) in [6, 6.07) is -1.43. The van der Waals surface area contributed by atoms with Gasteiger partial charge >= 0.3 is 12.1 Å². The first-order valence-electron chi connectivity index (χ1n) is 2.92. The highest BCUT2D eigenvalue weighted by Crippen LogP contribution is 2.22. The number of nitrogens with zero attached hydrogens (tertiary/aromatic N) is 1. The number of carbonyl (C=O) groups is 1. The van der Waals surface area contributed by atoms with Gasteiger partial charge in [0.25, 0.3) is 5.90 Å². The molecule has 68 valence electrons. The molecular formula is C5H4F3NO3. The summed E-state index contributed by atoms with van der Waals surface area (Å²) >= 11 is 0. The number of hydrogen-bond acceptors (Lipinski definition) is 3. The van der Waals surface area contributed by atoms with Gasteiger partial charge in [0.15, 0.2) is 6.04 Å². The molecule has 0 aromatic heterocycles. The molecule has 1 N–H and O–H groups in total. The number of aliphatic carboxylic acids is 1. The van der Waals surface area contributed by atoms with Crippen molar-refractivity contribution in [3.8, 4) is 0 Å². The quantitative estimate of drug-likeness (QED) is 0.641. The minimum absolute atomic E-state index is 0.551. The van der Waals surface area contributed by atoms with Crippen molar-refractivity contribution in [3.05, 3.63) is 0 Å². The second kappa shape index (κ2) is 2.65. The van der Waals surface area contributed by atoms with Crippen LogP contribution in [0.25, 0.3) is 0 Å². The molecule has 0 radical (unpaired) electrons. The van der Waals surface area contributed by atoms with E-state index < -0.39 is 30.7 Å². The zero-order valence-electron chi connectivity index (χ0n) is 5.63. The summed E-state index contributed by atoms with van der Waals surface area (Å²) < 4.78 is 39.3. The lowest BCUT2D eigenvalue weighted by Gasteiger charge is -2.03. The van der Waals surface area contributed by atoms with Crippen molar-refractivity contribution in [1.82, 2.24) is 0 Å². The fourth-order valence-corrected chi connectivity index (χ4v) is 0.655. The van der Waals surface area contributed by atoms with Gasteiger partial charge in [0, 0.05) is 0 Å². The van der Waals surface area contributed by atoms with Crippen LogP contribution < -0.4 is 0 Å². The second-order valence-corrected chi connectivity index (χ2v) is 2.10. The van der Waals surface area contributed by atoms with E-state index in [1.165, 1.54) is 0 Å². The van der Waals surface area contributed by atoms with Gasteiger partial charge in [0.05, 0.1) is 0 Å². The van der Waals surface area contributed by atoms with E-state index in [1.807, 2.05) is 0 Å². The molecule has 1 heterocycles. The fourth-order valence-electron chi connectivity index (χ4n) is 0.655. The van der Waals surface area contributed by atoms with Crippen LogP contribution in [0.2, 0.25) is 0 Å². The molecule has 0 saturated carbocycles. The Balaban J connectivity index is 2.73. The third kappa shape index (κ3) is 1.66. The number of hydrogen-bond donors (Lipinski definition) is 1. The molecule has 4 nitrogen and oxygen atoms in total. The molecule has 0 bridgehead atoms. The Morgan fingerprint density at radius 2 is 2.25 bits per heavy atom. The average molecular weight is 183 g/mol. The molecule has 1 aliphatic rings. The number of alkyl halides is 3. The van der Waals surface area contributed by atoms with Crippen molar-refractivity contribution < 1.29 is 27.8 Å². The SMILES string of the molecule is O=C(O)C1COC(C(F)(F)F)=N1. The van der Waals surface area contributed by atoms with Crippen LogP contribution in [0.3, 0.4) is 0 Å². The first-order valence-corrected chi connectivity index (χ1v) is 2.92. The van der Waals surface area contributed by atoms with Crippen molar-refractivity contribution in [3.63, 3.8) is 0 Å². The van der Waals surface area contributed by atoms with E-state index in [2.05, 4.69) is 9.73 Å². The number of aliphatic imine (C=N–C) groups is 1. The van der Waals surface area contributed by atoms with Crippen molar-refractivity contribution in [2.24, 2.45) is 4.99 Å². The van der Waals surface area contributed by atoms with Crippen LogP contribution in [-0.2, 0) is 9.53 Å². The number of carboxylic acids is 1. The zero-order valence-corrected chi connectivity index (χ0v) is 5.63. The van der Waals surface area contributed by atoms with Gasteiger partial charge in [-0.3, -0.25) is 0 Å². The summed E-state index contributed by atoms with van der Waals surface area (Å²) in [5.41, 5.74) is 0. The van der Waals surface area contributed by atoms with Crippen molar-refractivity contribution in [1.29, 1.82) is 0 Å². The van der Waals surface area contributed by atoms with Gasteiger partial charge in [0.1, 0.15) is 6.61 Å². The molecule has 1 atom stereocenters. The van der Waals surface area contributed by atoms with Gasteiger partial charge in [-0.2, -0.15) is 13.2 Å². The van der Waals surface area contributed by atoms with Crippen molar-refractivity contribution in [2.75, 3.05) is 6.61 Å². The topological polar surface area (TPSA) is 58.9 Å². The molecular weight excluding hydrogens is 179 g/mol. The number of ether oxygens (including phenoxy) is 1. The molecule has 1 unspecified atom stereocenters. The summed E-state index contributed by atoms with van der Waals surface area (Å²) in [5, 5.41) is 8.24. The predicted molar refractivity (Wildman–Crippen MR) is 30.9 cm³/mol. The van der Waals surface area contributed by atoms with Crippen LogP contribution in [0, 0.1) is 0 Å². The molecule has 0 fully saturated rings. The Morgan fingerprint density at radius 1 is 1.67 bits per heavy atom. The van der Waals surface area contributed by atoms with Crippen LogP contribution in [0.15, 0.2) is 4.99 Å². The number of carboxylic acid groups (broad SMARTS) is 1. The van der Waals surface area contributed by atoms with E-state index in [0.717, 1.165) is 0 Å². The Morgan fingerprint density at radius 3 is 2.50 bits per heavy atom. The maximum atomic E-state index is 11.7. The summed E-state index contributed by atoms with van der Waals surface area (Å²) in [6.07, 6.45) is -4.69. The number of rotatable bonds is 1. The average Bonchev–Trinajstić information content (AvgIpc) is 2.30. The second-order valence-electron chi connectivity index (χ2n) is 2.10. The molecule has 0 spiro atoms. The van der Waals surface area contributed by atoms with Gasteiger partial charge in [-0.25, -0.2) is 9.79 Å². The molecule has 0 amide bonds. The Bertz CT molecular complexity index is 235. The monoisotopic (exact) mass is 183 g/mol. The first-order chi connectivity index (χ1) is 5.41. The minimum Gasteiger partial charge on any atom is -0.480 e. The van der Waals surface area contributed by atoms with Crippen LogP contribution in [0.4, 0.5) is 13.2 Å². The molecule has 1 aliphatic heterocycles. The normalized spacial score (nSPS) is 23.2. The minimum atomic E-state index is -4.69. The van der Waals surface area contributed by atoms with E-state index in [4.69, 9.17) is 5.11 Å². The van der Waals surface area contributed by atoms with Crippen LogP contribution in [-0.4, -0.2) is 35.8 Å². The summed E-state index contributed by atoms with van der Waals surface area (Å²) in [4.78, 5) is 12.9. The van der Waals surface area contributed by atoms with Gasteiger partial charge in [-0.05, 0) is 0 Å². The standard InChI is InChI=1S/C5H4F3NO3/c6-5(7,8)4-9-2(1-12-4)3(10)11/h2H,1H2,(H,10,11). The predicted octanol–water partition coefficient (Wildman–Crippen LogP) is 0.431. The Labute approximate surface area is 64.7 Å². The first kappa shape index (κ1) is 8.82.